The second-order valence-electron chi connectivity index (χ2n) is 6.45. The summed E-state index contributed by atoms with van der Waals surface area (Å²) in [6.45, 7) is 7.46. The molecule has 0 aromatic heterocycles. The minimum absolute atomic E-state index is 0.0105. The van der Waals surface area contributed by atoms with Gasteiger partial charge in [0.25, 0.3) is 0 Å². The Morgan fingerprint density at radius 3 is 2.86 bits per heavy atom. The van der Waals surface area contributed by atoms with Gasteiger partial charge in [-0.15, -0.1) is 0 Å². The van der Waals surface area contributed by atoms with Crippen LogP contribution in [0.5, 0.6) is 5.75 Å². The second-order valence-corrected chi connectivity index (χ2v) is 6.45. The lowest BCUT2D eigenvalue weighted by atomic mass is 9.93. The fourth-order valence-corrected chi connectivity index (χ4v) is 2.71. The number of nitrogens with zero attached hydrogens (tertiary/aromatic N) is 1. The van der Waals surface area contributed by atoms with E-state index in [2.05, 4.69) is 24.1 Å². The molecule has 5 nitrogen and oxygen atoms in total. The van der Waals surface area contributed by atoms with Crippen LogP contribution in [0.15, 0.2) is 18.2 Å². The predicted octanol–water partition coefficient (Wildman–Crippen LogP) is 2.34. The van der Waals surface area contributed by atoms with E-state index in [0.29, 0.717) is 29.0 Å². The first-order chi connectivity index (χ1) is 9.89. The Morgan fingerprint density at radius 1 is 1.48 bits per heavy atom. The molecule has 2 rings (SSSR count). The maximum Gasteiger partial charge on any atom is 0.225 e. The highest BCUT2D eigenvalue weighted by molar-refractivity contribution is 5.93. The number of rotatable bonds is 5. The molecule has 0 aliphatic carbocycles. The number of carbonyl (C=O) groups is 1. The average molecular weight is 291 g/mol. The van der Waals surface area contributed by atoms with E-state index in [-0.39, 0.29) is 5.91 Å². The van der Waals surface area contributed by atoms with Gasteiger partial charge in [-0.05, 0) is 36.6 Å². The molecule has 21 heavy (non-hydrogen) atoms. The third-order valence-corrected chi connectivity index (χ3v) is 3.91. The van der Waals surface area contributed by atoms with Gasteiger partial charge >= 0.3 is 0 Å². The molecule has 1 aliphatic rings. The first-order valence-electron chi connectivity index (χ1n) is 7.35. The van der Waals surface area contributed by atoms with E-state index in [4.69, 9.17) is 10.5 Å². The lowest BCUT2D eigenvalue weighted by Crippen LogP contribution is -2.27. The molecule has 1 saturated heterocycles. The van der Waals surface area contributed by atoms with Gasteiger partial charge in [-0.25, -0.2) is 0 Å². The minimum atomic E-state index is -0.0105. The van der Waals surface area contributed by atoms with Crippen molar-refractivity contribution in [2.24, 2.45) is 5.41 Å². The molecule has 3 N–H and O–H groups in total. The van der Waals surface area contributed by atoms with Crippen LogP contribution >= 0.6 is 0 Å². The van der Waals surface area contributed by atoms with Crippen molar-refractivity contribution in [1.82, 2.24) is 4.90 Å². The number of hydrogen-bond donors (Lipinski definition) is 2. The fourth-order valence-electron chi connectivity index (χ4n) is 2.71. The monoisotopic (exact) mass is 291 g/mol. The highest BCUT2D eigenvalue weighted by Gasteiger charge is 2.28. The molecule has 0 saturated carbocycles. The summed E-state index contributed by atoms with van der Waals surface area (Å²) in [6.07, 6.45) is 1.67. The average Bonchev–Trinajstić information content (AvgIpc) is 2.76. The van der Waals surface area contributed by atoms with Crippen molar-refractivity contribution < 1.29 is 9.53 Å². The Morgan fingerprint density at radius 2 is 2.24 bits per heavy atom. The number of ether oxygens (including phenoxy) is 1. The number of hydrogen-bond acceptors (Lipinski definition) is 4. The Kier molecular flexibility index (Phi) is 4.73. The maximum absolute atomic E-state index is 12.1. The molecule has 1 aliphatic heterocycles. The smallest absolute Gasteiger partial charge is 0.225 e. The van der Waals surface area contributed by atoms with Crippen LogP contribution in [-0.2, 0) is 4.79 Å². The summed E-state index contributed by atoms with van der Waals surface area (Å²) in [6, 6.07) is 5.23. The summed E-state index contributed by atoms with van der Waals surface area (Å²) >= 11 is 0. The van der Waals surface area contributed by atoms with Gasteiger partial charge in [0, 0.05) is 25.2 Å². The quantitative estimate of drug-likeness (QED) is 0.817. The molecular formula is C16H25N3O2. The molecule has 116 valence electrons. The zero-order valence-electron chi connectivity index (χ0n) is 13.1. The number of anilines is 2. The number of likely N-dealkylation sites (tertiary alicyclic amines) is 1. The molecule has 5 heteroatoms. The molecule has 1 aromatic rings. The van der Waals surface area contributed by atoms with Crippen molar-refractivity contribution in [2.75, 3.05) is 37.8 Å². The predicted molar refractivity (Wildman–Crippen MR) is 85.5 cm³/mol. The molecule has 0 unspecified atom stereocenters. The molecule has 1 fully saturated rings. The molecule has 1 aromatic carbocycles. The maximum atomic E-state index is 12.1. The van der Waals surface area contributed by atoms with Gasteiger partial charge in [0.2, 0.25) is 5.91 Å². The van der Waals surface area contributed by atoms with E-state index < -0.39 is 0 Å². The Hall–Kier alpha value is -1.75. The zero-order valence-corrected chi connectivity index (χ0v) is 13.1. The summed E-state index contributed by atoms with van der Waals surface area (Å²) in [5, 5.41) is 2.88. The van der Waals surface area contributed by atoms with E-state index in [1.165, 1.54) is 6.42 Å². The summed E-state index contributed by atoms with van der Waals surface area (Å²) in [5.41, 5.74) is 7.35. The van der Waals surface area contributed by atoms with Crippen LogP contribution in [0.25, 0.3) is 0 Å². The SMILES string of the molecule is COc1ccc(N)cc1NC(=O)CCN1CCC(C)(C)C1. The van der Waals surface area contributed by atoms with Gasteiger partial charge in [0.1, 0.15) is 5.75 Å². The highest BCUT2D eigenvalue weighted by atomic mass is 16.5. The normalized spacial score (nSPS) is 17.7. The van der Waals surface area contributed by atoms with Crippen molar-refractivity contribution in [3.05, 3.63) is 18.2 Å². The summed E-state index contributed by atoms with van der Waals surface area (Å²) < 4.78 is 5.23. The highest BCUT2D eigenvalue weighted by Crippen LogP contribution is 2.29. The molecule has 1 heterocycles. The van der Waals surface area contributed by atoms with Crippen molar-refractivity contribution in [3.8, 4) is 5.75 Å². The number of methoxy groups -OCH3 is 1. The van der Waals surface area contributed by atoms with Crippen LogP contribution in [0.4, 0.5) is 11.4 Å². The number of carbonyl (C=O) groups excluding carboxylic acids is 1. The molecule has 0 bridgehead atoms. The van der Waals surface area contributed by atoms with Gasteiger partial charge < -0.3 is 20.7 Å². The van der Waals surface area contributed by atoms with Crippen LogP contribution in [-0.4, -0.2) is 37.6 Å². The lowest BCUT2D eigenvalue weighted by Gasteiger charge is -2.19. The summed E-state index contributed by atoms with van der Waals surface area (Å²) in [4.78, 5) is 14.4. The summed E-state index contributed by atoms with van der Waals surface area (Å²) in [5.74, 6) is 0.614. The first kappa shape index (κ1) is 15.6. The first-order valence-corrected chi connectivity index (χ1v) is 7.35. The van der Waals surface area contributed by atoms with Crippen molar-refractivity contribution in [1.29, 1.82) is 0 Å². The topological polar surface area (TPSA) is 67.6 Å². The van der Waals surface area contributed by atoms with Crippen LogP contribution in [0, 0.1) is 5.41 Å². The molecule has 0 radical (unpaired) electrons. The van der Waals surface area contributed by atoms with Gasteiger partial charge in [0.05, 0.1) is 12.8 Å². The van der Waals surface area contributed by atoms with E-state index in [0.717, 1.165) is 19.6 Å². The molecule has 0 atom stereocenters. The number of nitrogen functional groups attached to an aromatic ring is 1. The number of nitrogens with one attached hydrogen (secondary N) is 1. The minimum Gasteiger partial charge on any atom is -0.495 e. The van der Waals surface area contributed by atoms with E-state index >= 15 is 0 Å². The van der Waals surface area contributed by atoms with E-state index in [9.17, 15) is 4.79 Å². The van der Waals surface area contributed by atoms with Gasteiger partial charge in [-0.3, -0.25) is 4.79 Å². The third kappa shape index (κ3) is 4.36. The number of nitrogens with two attached hydrogens (primary N) is 1. The van der Waals surface area contributed by atoms with Crippen LogP contribution < -0.4 is 15.8 Å². The second kappa shape index (κ2) is 6.35. The van der Waals surface area contributed by atoms with Crippen molar-refractivity contribution in [2.45, 2.75) is 26.7 Å². The number of amides is 1. The zero-order chi connectivity index (χ0) is 15.5. The summed E-state index contributed by atoms with van der Waals surface area (Å²) in [7, 11) is 1.58. The Bertz CT molecular complexity index is 514. The Balaban J connectivity index is 1.86. The molecule has 1 amide bonds. The standard InChI is InChI=1S/C16H25N3O2/c1-16(2)7-9-19(11-16)8-6-15(20)18-13-10-12(17)4-5-14(13)21-3/h4-5,10H,6-9,11,17H2,1-3H3,(H,18,20). The Labute approximate surface area is 126 Å². The van der Waals surface area contributed by atoms with E-state index in [1.807, 2.05) is 0 Å². The largest absolute Gasteiger partial charge is 0.495 e. The molecule has 0 spiro atoms. The van der Waals surface area contributed by atoms with Gasteiger partial charge in [0.15, 0.2) is 0 Å². The molecular weight excluding hydrogens is 266 g/mol. The van der Waals surface area contributed by atoms with Crippen LogP contribution in [0.1, 0.15) is 26.7 Å². The lowest BCUT2D eigenvalue weighted by molar-refractivity contribution is -0.116. The fraction of sp³-hybridized carbons (Fsp3) is 0.562. The van der Waals surface area contributed by atoms with Crippen LogP contribution in [0.2, 0.25) is 0 Å². The number of benzene rings is 1. The van der Waals surface area contributed by atoms with E-state index in [1.54, 1.807) is 25.3 Å². The third-order valence-electron chi connectivity index (χ3n) is 3.91. The van der Waals surface area contributed by atoms with Gasteiger partial charge in [-0.1, -0.05) is 13.8 Å². The van der Waals surface area contributed by atoms with Gasteiger partial charge in [-0.2, -0.15) is 0 Å². The van der Waals surface area contributed by atoms with Crippen molar-refractivity contribution >= 4 is 17.3 Å². The van der Waals surface area contributed by atoms with Crippen LogP contribution in [0.3, 0.4) is 0 Å². The van der Waals surface area contributed by atoms with Crippen molar-refractivity contribution in [3.63, 3.8) is 0 Å².